The molecular weight excluding hydrogens is 476 g/mol. The van der Waals surface area contributed by atoms with Crippen LogP contribution in [-0.2, 0) is 0 Å². The zero-order valence-electron chi connectivity index (χ0n) is 21.0. The summed E-state index contributed by atoms with van der Waals surface area (Å²) in [7, 11) is 0. The number of hydrogen-bond acceptors (Lipinski definition) is 1. The minimum Gasteiger partial charge on any atom is -0.454 e. The summed E-state index contributed by atoms with van der Waals surface area (Å²) in [4.78, 5) is 0. The zero-order valence-corrected chi connectivity index (χ0v) is 21.0. The van der Waals surface area contributed by atoms with Crippen LogP contribution in [0.25, 0.3) is 76.9 Å². The van der Waals surface area contributed by atoms with Crippen LogP contribution in [0.3, 0.4) is 0 Å². The van der Waals surface area contributed by atoms with E-state index in [9.17, 15) is 0 Å². The fourth-order valence-corrected chi connectivity index (χ4v) is 6.45. The summed E-state index contributed by atoms with van der Waals surface area (Å²) >= 11 is 0. The molecule has 0 aliphatic heterocycles. The molecule has 0 fully saturated rings. The third-order valence-corrected chi connectivity index (χ3v) is 8.10. The number of rotatable bonds is 2. The fourth-order valence-electron chi connectivity index (χ4n) is 6.45. The van der Waals surface area contributed by atoms with E-state index in [4.69, 9.17) is 4.42 Å². The van der Waals surface area contributed by atoms with E-state index in [0.29, 0.717) is 0 Å². The van der Waals surface area contributed by atoms with Crippen molar-refractivity contribution >= 4 is 65.6 Å². The highest BCUT2D eigenvalue weighted by Crippen LogP contribution is 2.41. The third kappa shape index (κ3) is 2.76. The van der Waals surface area contributed by atoms with E-state index in [1.54, 1.807) is 0 Å². The Kier molecular flexibility index (Phi) is 4.05. The van der Waals surface area contributed by atoms with Gasteiger partial charge >= 0.3 is 0 Å². The molecule has 0 aliphatic rings. The molecule has 0 saturated carbocycles. The van der Waals surface area contributed by atoms with Crippen molar-refractivity contribution in [3.05, 3.63) is 133 Å². The van der Waals surface area contributed by atoms with Crippen LogP contribution in [0.2, 0.25) is 0 Å². The Morgan fingerprint density at radius 3 is 1.69 bits per heavy atom. The molecular formula is C36H22N2O. The minimum atomic E-state index is 0.910. The summed E-state index contributed by atoms with van der Waals surface area (Å²) in [6.45, 7) is 0. The lowest BCUT2D eigenvalue weighted by Gasteiger charge is -2.09. The van der Waals surface area contributed by atoms with Crippen LogP contribution in [0.1, 0.15) is 0 Å². The molecule has 0 amide bonds. The second-order valence-corrected chi connectivity index (χ2v) is 10.2. The summed E-state index contributed by atoms with van der Waals surface area (Å²) in [6, 6.07) is 47.5. The molecule has 3 heteroatoms. The number of hydrogen-bond donors (Lipinski definition) is 0. The van der Waals surface area contributed by atoms with Gasteiger partial charge in [-0.2, -0.15) is 0 Å². The second-order valence-electron chi connectivity index (χ2n) is 10.2. The number of aromatic nitrogens is 2. The maximum Gasteiger partial charge on any atom is 0.159 e. The van der Waals surface area contributed by atoms with Gasteiger partial charge in [-0.3, -0.25) is 0 Å². The summed E-state index contributed by atoms with van der Waals surface area (Å²) in [5.74, 6) is 0. The van der Waals surface area contributed by atoms with Gasteiger partial charge in [0, 0.05) is 38.0 Å². The zero-order chi connectivity index (χ0) is 25.5. The van der Waals surface area contributed by atoms with Crippen molar-refractivity contribution in [3.63, 3.8) is 0 Å². The number of benzene rings is 6. The first-order valence-corrected chi connectivity index (χ1v) is 13.3. The molecule has 6 aromatic carbocycles. The predicted octanol–water partition coefficient (Wildman–Crippen LogP) is 9.78. The Labute approximate surface area is 223 Å². The first kappa shape index (κ1) is 20.7. The Hall–Kier alpha value is -5.28. The van der Waals surface area contributed by atoms with E-state index < -0.39 is 0 Å². The molecule has 3 aromatic heterocycles. The van der Waals surface area contributed by atoms with Gasteiger partial charge in [-0.05, 0) is 48.5 Å². The average Bonchev–Trinajstić information content (AvgIpc) is 3.64. The Morgan fingerprint density at radius 1 is 0.385 bits per heavy atom. The maximum absolute atomic E-state index is 6.50. The van der Waals surface area contributed by atoms with E-state index in [2.05, 4.69) is 130 Å². The number of furan rings is 1. The molecule has 0 atom stereocenters. The summed E-state index contributed by atoms with van der Waals surface area (Å²) in [6.07, 6.45) is 0. The van der Waals surface area contributed by atoms with Gasteiger partial charge in [0.15, 0.2) is 5.58 Å². The smallest absolute Gasteiger partial charge is 0.159 e. The van der Waals surface area contributed by atoms with Gasteiger partial charge in [-0.25, -0.2) is 0 Å². The van der Waals surface area contributed by atoms with E-state index in [1.165, 1.54) is 49.3 Å². The second kappa shape index (κ2) is 7.62. The monoisotopic (exact) mass is 498 g/mol. The topological polar surface area (TPSA) is 23.0 Å². The van der Waals surface area contributed by atoms with Gasteiger partial charge in [0.1, 0.15) is 5.58 Å². The van der Waals surface area contributed by atoms with Crippen LogP contribution in [0.15, 0.2) is 138 Å². The summed E-state index contributed by atoms with van der Waals surface area (Å²) in [5, 5.41) is 7.22. The van der Waals surface area contributed by atoms with Gasteiger partial charge in [0.25, 0.3) is 0 Å². The molecule has 0 unspecified atom stereocenters. The van der Waals surface area contributed by atoms with Crippen molar-refractivity contribution < 1.29 is 4.42 Å². The SMILES string of the molecule is c1ccc(-n2c3ccccc3c3cc4c(cc32)c2ccccc2n4-c2cccc3c2oc2ccccc23)cc1. The molecule has 39 heavy (non-hydrogen) atoms. The van der Waals surface area contributed by atoms with E-state index in [1.807, 2.05) is 12.1 Å². The van der Waals surface area contributed by atoms with E-state index in [0.717, 1.165) is 27.6 Å². The number of para-hydroxylation sites is 5. The highest BCUT2D eigenvalue weighted by Gasteiger charge is 2.20. The van der Waals surface area contributed by atoms with Gasteiger partial charge < -0.3 is 13.6 Å². The lowest BCUT2D eigenvalue weighted by molar-refractivity contribution is 0.666. The molecule has 0 bridgehead atoms. The maximum atomic E-state index is 6.50. The molecule has 0 N–H and O–H groups in total. The Bertz CT molecular complexity index is 2390. The molecule has 0 aliphatic carbocycles. The summed E-state index contributed by atoms with van der Waals surface area (Å²) < 4.78 is 11.3. The lowest BCUT2D eigenvalue weighted by Crippen LogP contribution is -1.95. The van der Waals surface area contributed by atoms with Crippen LogP contribution in [0, 0.1) is 0 Å². The predicted molar refractivity (Wildman–Crippen MR) is 162 cm³/mol. The lowest BCUT2D eigenvalue weighted by atomic mass is 10.1. The Balaban J connectivity index is 1.47. The van der Waals surface area contributed by atoms with Crippen LogP contribution in [0.5, 0.6) is 0 Å². The normalized spacial score (nSPS) is 12.1. The average molecular weight is 499 g/mol. The van der Waals surface area contributed by atoms with Crippen LogP contribution < -0.4 is 0 Å². The molecule has 0 spiro atoms. The van der Waals surface area contributed by atoms with Crippen molar-refractivity contribution in [3.8, 4) is 11.4 Å². The molecule has 3 nitrogen and oxygen atoms in total. The van der Waals surface area contributed by atoms with Gasteiger partial charge in [0.05, 0.1) is 27.8 Å². The highest BCUT2D eigenvalue weighted by atomic mass is 16.3. The van der Waals surface area contributed by atoms with E-state index in [-0.39, 0.29) is 0 Å². The molecule has 3 heterocycles. The van der Waals surface area contributed by atoms with E-state index >= 15 is 0 Å². The molecule has 0 saturated heterocycles. The van der Waals surface area contributed by atoms with Crippen molar-refractivity contribution in [1.82, 2.24) is 9.13 Å². The molecule has 0 radical (unpaired) electrons. The van der Waals surface area contributed by atoms with Gasteiger partial charge in [0.2, 0.25) is 0 Å². The van der Waals surface area contributed by atoms with Crippen molar-refractivity contribution in [2.45, 2.75) is 0 Å². The summed E-state index contributed by atoms with van der Waals surface area (Å²) in [5.41, 5.74) is 8.81. The molecule has 9 rings (SSSR count). The number of nitrogens with zero attached hydrogens (tertiary/aromatic N) is 2. The number of fused-ring (bicyclic) bond motifs is 9. The third-order valence-electron chi connectivity index (χ3n) is 8.10. The van der Waals surface area contributed by atoms with Crippen molar-refractivity contribution in [2.24, 2.45) is 0 Å². The quantitative estimate of drug-likeness (QED) is 0.233. The largest absolute Gasteiger partial charge is 0.454 e. The first-order valence-electron chi connectivity index (χ1n) is 13.3. The van der Waals surface area contributed by atoms with Gasteiger partial charge in [-0.15, -0.1) is 0 Å². The molecule has 182 valence electrons. The van der Waals surface area contributed by atoms with Crippen LogP contribution in [-0.4, -0.2) is 9.13 Å². The first-order chi connectivity index (χ1) is 19.4. The van der Waals surface area contributed by atoms with Crippen molar-refractivity contribution in [1.29, 1.82) is 0 Å². The van der Waals surface area contributed by atoms with Crippen LogP contribution in [0.4, 0.5) is 0 Å². The minimum absolute atomic E-state index is 0.910. The van der Waals surface area contributed by atoms with Crippen molar-refractivity contribution in [2.75, 3.05) is 0 Å². The highest BCUT2D eigenvalue weighted by molar-refractivity contribution is 6.19. The molecule has 9 aromatic rings. The Morgan fingerprint density at radius 2 is 0.949 bits per heavy atom. The van der Waals surface area contributed by atoms with Crippen LogP contribution >= 0.6 is 0 Å². The fraction of sp³-hybridized carbons (Fsp3) is 0. The standard InChI is InChI=1S/C36H22N2O/c1-2-11-23(12-3-1)37-30-17-7-4-13-24(30)28-22-34-29(21-33(28)37)25-14-5-8-18-31(25)38(34)32-19-10-16-27-26-15-6-9-20-35(26)39-36(27)32/h1-22H. The van der Waals surface area contributed by atoms with Gasteiger partial charge in [-0.1, -0.05) is 84.9 Å².